The number of carbonyl (C=O) groups is 1. The number of sulfonamides is 1. The highest BCUT2D eigenvalue weighted by Crippen LogP contribution is 2.21. The standard InChI is InChI=1S/C22H23N3O4S/c1-29-20-8-10-21(11-9-20)30(27,28)25-16-14-24(15-17-25)22(26)18-4-6-19(7-5-18)23-12-2-3-13-23/h2-13H,14-17H2,1H3. The predicted octanol–water partition coefficient (Wildman–Crippen LogP) is 2.63. The summed E-state index contributed by atoms with van der Waals surface area (Å²) in [5, 5.41) is 0. The van der Waals surface area contributed by atoms with Crippen molar-refractivity contribution >= 4 is 15.9 Å². The van der Waals surface area contributed by atoms with Crippen LogP contribution < -0.4 is 4.74 Å². The van der Waals surface area contributed by atoms with E-state index in [-0.39, 0.29) is 23.9 Å². The van der Waals surface area contributed by atoms with Gasteiger partial charge in [-0.2, -0.15) is 4.31 Å². The summed E-state index contributed by atoms with van der Waals surface area (Å²) in [5.74, 6) is 0.516. The second-order valence-corrected chi connectivity index (χ2v) is 8.95. The van der Waals surface area contributed by atoms with Gasteiger partial charge in [-0.15, -0.1) is 0 Å². The van der Waals surface area contributed by atoms with Crippen LogP contribution >= 0.6 is 0 Å². The van der Waals surface area contributed by atoms with Crippen LogP contribution in [0, 0.1) is 0 Å². The van der Waals surface area contributed by atoms with Gasteiger partial charge in [-0.05, 0) is 60.7 Å². The van der Waals surface area contributed by atoms with Crippen molar-refractivity contribution in [3.05, 3.63) is 78.6 Å². The second-order valence-electron chi connectivity index (χ2n) is 7.01. The van der Waals surface area contributed by atoms with Crippen molar-refractivity contribution in [3.63, 3.8) is 0 Å². The lowest BCUT2D eigenvalue weighted by Gasteiger charge is -2.34. The Kier molecular flexibility index (Phi) is 5.61. The van der Waals surface area contributed by atoms with Gasteiger partial charge in [-0.3, -0.25) is 4.79 Å². The number of methoxy groups -OCH3 is 1. The molecule has 1 amide bonds. The summed E-state index contributed by atoms with van der Waals surface area (Å²) < 4.78 is 34.2. The number of hydrogen-bond acceptors (Lipinski definition) is 4. The van der Waals surface area contributed by atoms with Gasteiger partial charge in [0, 0.05) is 49.8 Å². The molecule has 1 aliphatic heterocycles. The van der Waals surface area contributed by atoms with Gasteiger partial charge < -0.3 is 14.2 Å². The Morgan fingerprint density at radius 1 is 0.867 bits per heavy atom. The molecule has 8 heteroatoms. The molecular formula is C22H23N3O4S. The molecule has 0 saturated carbocycles. The van der Waals surface area contributed by atoms with E-state index in [1.165, 1.54) is 23.5 Å². The van der Waals surface area contributed by atoms with Gasteiger partial charge in [-0.1, -0.05) is 0 Å². The van der Waals surface area contributed by atoms with Crippen LogP contribution in [0.4, 0.5) is 0 Å². The van der Waals surface area contributed by atoms with Crippen LogP contribution in [0.2, 0.25) is 0 Å². The molecule has 1 aromatic heterocycles. The first-order valence-electron chi connectivity index (χ1n) is 9.66. The van der Waals surface area contributed by atoms with Crippen LogP contribution in [0.3, 0.4) is 0 Å². The van der Waals surface area contributed by atoms with Crippen LogP contribution in [0.1, 0.15) is 10.4 Å². The molecule has 7 nitrogen and oxygen atoms in total. The van der Waals surface area contributed by atoms with Crippen molar-refractivity contribution in [1.29, 1.82) is 0 Å². The lowest BCUT2D eigenvalue weighted by Crippen LogP contribution is -2.50. The average Bonchev–Trinajstić information content (AvgIpc) is 3.34. The molecular weight excluding hydrogens is 402 g/mol. The first kappa shape index (κ1) is 20.2. The first-order valence-corrected chi connectivity index (χ1v) is 11.1. The van der Waals surface area contributed by atoms with Crippen molar-refractivity contribution < 1.29 is 17.9 Å². The van der Waals surface area contributed by atoms with E-state index in [4.69, 9.17) is 4.74 Å². The molecule has 2 heterocycles. The van der Waals surface area contributed by atoms with E-state index in [1.54, 1.807) is 29.2 Å². The van der Waals surface area contributed by atoms with Gasteiger partial charge in [0.15, 0.2) is 0 Å². The maximum Gasteiger partial charge on any atom is 0.253 e. The van der Waals surface area contributed by atoms with Crippen molar-refractivity contribution in [3.8, 4) is 11.4 Å². The van der Waals surface area contributed by atoms with Crippen LogP contribution in [-0.2, 0) is 10.0 Å². The van der Waals surface area contributed by atoms with Crippen LogP contribution in [0.25, 0.3) is 5.69 Å². The van der Waals surface area contributed by atoms with E-state index in [9.17, 15) is 13.2 Å². The Hall–Kier alpha value is -3.10. The maximum atomic E-state index is 12.9. The van der Waals surface area contributed by atoms with Gasteiger partial charge in [0.1, 0.15) is 5.75 Å². The summed E-state index contributed by atoms with van der Waals surface area (Å²) >= 11 is 0. The van der Waals surface area contributed by atoms with E-state index in [1.807, 2.05) is 41.2 Å². The number of amides is 1. The van der Waals surface area contributed by atoms with Gasteiger partial charge in [0.25, 0.3) is 5.91 Å². The molecule has 2 aromatic carbocycles. The molecule has 4 rings (SSSR count). The predicted molar refractivity (Wildman–Crippen MR) is 113 cm³/mol. The number of ether oxygens (including phenoxy) is 1. The number of rotatable bonds is 5. The fourth-order valence-corrected chi connectivity index (χ4v) is 4.92. The third kappa shape index (κ3) is 3.96. The third-order valence-corrected chi connectivity index (χ3v) is 7.15. The average molecular weight is 426 g/mol. The number of benzene rings is 2. The smallest absolute Gasteiger partial charge is 0.253 e. The Bertz CT molecular complexity index is 1100. The van der Waals surface area contributed by atoms with Gasteiger partial charge >= 0.3 is 0 Å². The molecule has 1 fully saturated rings. The topological polar surface area (TPSA) is 71.9 Å². The Morgan fingerprint density at radius 2 is 1.47 bits per heavy atom. The lowest BCUT2D eigenvalue weighted by molar-refractivity contribution is 0.0698. The summed E-state index contributed by atoms with van der Waals surface area (Å²) in [4.78, 5) is 14.8. The highest BCUT2D eigenvalue weighted by Gasteiger charge is 2.30. The SMILES string of the molecule is COc1ccc(S(=O)(=O)N2CCN(C(=O)c3ccc(-n4cccc4)cc3)CC2)cc1. The summed E-state index contributed by atoms with van der Waals surface area (Å²) in [6.07, 6.45) is 3.89. The minimum absolute atomic E-state index is 0.0875. The number of piperazine rings is 1. The van der Waals surface area contributed by atoms with E-state index < -0.39 is 10.0 Å². The summed E-state index contributed by atoms with van der Waals surface area (Å²) in [5.41, 5.74) is 1.57. The van der Waals surface area contributed by atoms with Crippen molar-refractivity contribution in [2.45, 2.75) is 4.90 Å². The molecule has 0 spiro atoms. The Morgan fingerprint density at radius 3 is 2.03 bits per heavy atom. The summed E-state index contributed by atoms with van der Waals surface area (Å²) in [6, 6.07) is 17.6. The van der Waals surface area contributed by atoms with Crippen molar-refractivity contribution in [2.24, 2.45) is 0 Å². The molecule has 1 saturated heterocycles. The number of aromatic nitrogens is 1. The Labute approximate surface area is 176 Å². The fraction of sp³-hybridized carbons (Fsp3) is 0.227. The normalized spacial score (nSPS) is 15.2. The van der Waals surface area contributed by atoms with Gasteiger partial charge in [-0.25, -0.2) is 8.42 Å². The second kappa shape index (κ2) is 8.33. The zero-order chi connectivity index (χ0) is 21.1. The molecule has 0 atom stereocenters. The lowest BCUT2D eigenvalue weighted by atomic mass is 10.1. The zero-order valence-corrected chi connectivity index (χ0v) is 17.5. The quantitative estimate of drug-likeness (QED) is 0.630. The van der Waals surface area contributed by atoms with Crippen molar-refractivity contribution in [1.82, 2.24) is 13.8 Å². The fourth-order valence-electron chi connectivity index (χ4n) is 3.49. The molecule has 1 aliphatic rings. The number of hydrogen-bond donors (Lipinski definition) is 0. The summed E-state index contributed by atoms with van der Waals surface area (Å²) in [7, 11) is -2.06. The molecule has 3 aromatic rings. The van der Waals surface area contributed by atoms with E-state index in [0.717, 1.165) is 5.69 Å². The highest BCUT2D eigenvalue weighted by atomic mass is 32.2. The van der Waals surface area contributed by atoms with Crippen LogP contribution in [0.5, 0.6) is 5.75 Å². The van der Waals surface area contributed by atoms with E-state index >= 15 is 0 Å². The number of carbonyl (C=O) groups excluding carboxylic acids is 1. The first-order chi connectivity index (χ1) is 14.5. The molecule has 0 N–H and O–H groups in total. The monoisotopic (exact) mass is 425 g/mol. The van der Waals surface area contributed by atoms with Crippen molar-refractivity contribution in [2.75, 3.05) is 33.3 Å². The van der Waals surface area contributed by atoms with E-state index in [2.05, 4.69) is 0 Å². The maximum absolute atomic E-state index is 12.9. The molecule has 0 unspecified atom stereocenters. The minimum atomic E-state index is -3.59. The Balaban J connectivity index is 1.40. The van der Waals surface area contributed by atoms with Crippen LogP contribution in [-0.4, -0.2) is 61.4 Å². The molecule has 0 bridgehead atoms. The largest absolute Gasteiger partial charge is 0.497 e. The van der Waals surface area contributed by atoms with Gasteiger partial charge in [0.05, 0.1) is 12.0 Å². The van der Waals surface area contributed by atoms with E-state index in [0.29, 0.717) is 24.4 Å². The zero-order valence-electron chi connectivity index (χ0n) is 16.6. The molecule has 0 radical (unpaired) electrons. The molecule has 156 valence electrons. The number of nitrogens with zero attached hydrogens (tertiary/aromatic N) is 3. The summed E-state index contributed by atoms with van der Waals surface area (Å²) in [6.45, 7) is 1.24. The third-order valence-electron chi connectivity index (χ3n) is 5.24. The highest BCUT2D eigenvalue weighted by molar-refractivity contribution is 7.89. The minimum Gasteiger partial charge on any atom is -0.497 e. The van der Waals surface area contributed by atoms with Gasteiger partial charge in [0.2, 0.25) is 10.0 Å². The molecule has 30 heavy (non-hydrogen) atoms. The molecule has 0 aliphatic carbocycles. The van der Waals surface area contributed by atoms with Crippen LogP contribution in [0.15, 0.2) is 78.0 Å².